The fraction of sp³-hybridized carbons (Fsp3) is 0.0952. The van der Waals surface area contributed by atoms with E-state index in [4.69, 9.17) is 9.47 Å². The Kier molecular flexibility index (Phi) is 5.72. The van der Waals surface area contributed by atoms with Gasteiger partial charge in [-0.15, -0.1) is 0 Å². The highest BCUT2D eigenvalue weighted by Crippen LogP contribution is 2.29. The molecule has 0 saturated carbocycles. The minimum absolute atomic E-state index is 0.111. The minimum Gasteiger partial charge on any atom is -0.495 e. The zero-order chi connectivity index (χ0) is 18.2. The molecule has 2 N–H and O–H groups in total. The van der Waals surface area contributed by atoms with Crippen molar-refractivity contribution >= 4 is 17.3 Å². The SMILES string of the molecule is COc1ccccc1NCC(=O)Nc1ccccc1Oc1ccccc1. The van der Waals surface area contributed by atoms with Crippen LogP contribution in [0.5, 0.6) is 17.2 Å². The van der Waals surface area contributed by atoms with E-state index in [0.29, 0.717) is 22.9 Å². The number of rotatable bonds is 7. The third-order valence-corrected chi connectivity index (χ3v) is 3.68. The molecule has 3 aromatic carbocycles. The number of carbonyl (C=O) groups excluding carboxylic acids is 1. The van der Waals surface area contributed by atoms with Crippen LogP contribution in [-0.4, -0.2) is 19.6 Å². The molecule has 0 radical (unpaired) electrons. The number of para-hydroxylation sites is 5. The van der Waals surface area contributed by atoms with Crippen LogP contribution in [0.25, 0.3) is 0 Å². The summed E-state index contributed by atoms with van der Waals surface area (Å²) in [5.41, 5.74) is 1.38. The van der Waals surface area contributed by atoms with Gasteiger partial charge in [0, 0.05) is 0 Å². The predicted molar refractivity (Wildman–Crippen MR) is 103 cm³/mol. The van der Waals surface area contributed by atoms with Gasteiger partial charge in [0.25, 0.3) is 0 Å². The van der Waals surface area contributed by atoms with Crippen molar-refractivity contribution in [2.75, 3.05) is 24.3 Å². The van der Waals surface area contributed by atoms with Crippen molar-refractivity contribution in [1.82, 2.24) is 0 Å². The lowest BCUT2D eigenvalue weighted by atomic mass is 10.2. The fourth-order valence-electron chi connectivity index (χ4n) is 2.43. The van der Waals surface area contributed by atoms with Crippen LogP contribution >= 0.6 is 0 Å². The smallest absolute Gasteiger partial charge is 0.243 e. The van der Waals surface area contributed by atoms with Gasteiger partial charge in [-0.25, -0.2) is 0 Å². The van der Waals surface area contributed by atoms with Gasteiger partial charge < -0.3 is 20.1 Å². The molecule has 0 aliphatic rings. The Balaban J connectivity index is 1.64. The van der Waals surface area contributed by atoms with Crippen LogP contribution in [0, 0.1) is 0 Å². The normalized spacial score (nSPS) is 10.0. The van der Waals surface area contributed by atoms with E-state index < -0.39 is 0 Å². The number of carbonyl (C=O) groups is 1. The molecule has 0 saturated heterocycles. The summed E-state index contributed by atoms with van der Waals surface area (Å²) in [6.07, 6.45) is 0. The molecule has 0 bridgehead atoms. The number of hydrogen-bond donors (Lipinski definition) is 2. The third kappa shape index (κ3) is 4.54. The first-order valence-corrected chi connectivity index (χ1v) is 8.25. The highest BCUT2D eigenvalue weighted by atomic mass is 16.5. The summed E-state index contributed by atoms with van der Waals surface area (Å²) in [6, 6.07) is 24.2. The number of anilines is 2. The van der Waals surface area contributed by atoms with Crippen LogP contribution in [0.4, 0.5) is 11.4 Å². The van der Waals surface area contributed by atoms with Crippen molar-refractivity contribution in [1.29, 1.82) is 0 Å². The number of hydrogen-bond acceptors (Lipinski definition) is 4. The summed E-state index contributed by atoms with van der Waals surface area (Å²) in [5, 5.41) is 5.95. The first kappa shape index (κ1) is 17.4. The van der Waals surface area contributed by atoms with E-state index >= 15 is 0 Å². The second kappa shape index (κ2) is 8.58. The molecule has 5 heteroatoms. The molecule has 0 heterocycles. The first-order valence-electron chi connectivity index (χ1n) is 8.25. The monoisotopic (exact) mass is 348 g/mol. The topological polar surface area (TPSA) is 59.6 Å². The summed E-state index contributed by atoms with van der Waals surface area (Å²) in [6.45, 7) is 0.111. The second-order valence-corrected chi connectivity index (χ2v) is 5.51. The molecule has 3 aromatic rings. The number of benzene rings is 3. The quantitative estimate of drug-likeness (QED) is 0.658. The molecule has 3 rings (SSSR count). The van der Waals surface area contributed by atoms with Crippen LogP contribution in [0.1, 0.15) is 0 Å². The van der Waals surface area contributed by atoms with Gasteiger partial charge in [0.15, 0.2) is 5.75 Å². The van der Waals surface area contributed by atoms with Gasteiger partial charge in [0.1, 0.15) is 11.5 Å². The van der Waals surface area contributed by atoms with Crippen molar-refractivity contribution in [3.05, 3.63) is 78.9 Å². The molecule has 0 fully saturated rings. The summed E-state index contributed by atoms with van der Waals surface area (Å²) in [4.78, 5) is 12.3. The van der Waals surface area contributed by atoms with E-state index in [1.165, 1.54) is 0 Å². The predicted octanol–water partition coefficient (Wildman–Crippen LogP) is 4.54. The Labute approximate surface area is 152 Å². The zero-order valence-electron chi connectivity index (χ0n) is 14.4. The van der Waals surface area contributed by atoms with Crippen molar-refractivity contribution in [2.45, 2.75) is 0 Å². The van der Waals surface area contributed by atoms with Gasteiger partial charge in [-0.2, -0.15) is 0 Å². The Morgan fingerprint density at radius 2 is 1.42 bits per heavy atom. The molecule has 132 valence electrons. The summed E-state index contributed by atoms with van der Waals surface area (Å²) >= 11 is 0. The summed E-state index contributed by atoms with van der Waals surface area (Å²) in [7, 11) is 1.59. The molecule has 0 aliphatic carbocycles. The lowest BCUT2D eigenvalue weighted by Gasteiger charge is -2.13. The van der Waals surface area contributed by atoms with Crippen LogP contribution in [0.3, 0.4) is 0 Å². The maximum absolute atomic E-state index is 12.3. The average molecular weight is 348 g/mol. The molecule has 1 amide bonds. The Hall–Kier alpha value is -3.47. The van der Waals surface area contributed by atoms with E-state index in [1.807, 2.05) is 72.8 Å². The molecular weight excluding hydrogens is 328 g/mol. The summed E-state index contributed by atoms with van der Waals surface area (Å²) < 4.78 is 11.1. The highest BCUT2D eigenvalue weighted by Gasteiger charge is 2.09. The standard InChI is InChI=1S/C21H20N2O3/c1-25-19-13-7-5-11-17(19)22-15-21(24)23-18-12-6-8-14-20(18)26-16-9-3-2-4-10-16/h2-14,22H,15H2,1H3,(H,23,24). The summed E-state index contributed by atoms with van der Waals surface area (Å²) in [5.74, 6) is 1.80. The molecule has 0 aromatic heterocycles. The molecular formula is C21H20N2O3. The van der Waals surface area contributed by atoms with Crippen LogP contribution < -0.4 is 20.1 Å². The fourth-order valence-corrected chi connectivity index (χ4v) is 2.43. The van der Waals surface area contributed by atoms with E-state index in [2.05, 4.69) is 10.6 Å². The number of amides is 1. The van der Waals surface area contributed by atoms with Gasteiger partial charge in [0.2, 0.25) is 5.91 Å². The minimum atomic E-state index is -0.181. The molecule has 26 heavy (non-hydrogen) atoms. The highest BCUT2D eigenvalue weighted by molar-refractivity contribution is 5.95. The molecule has 0 atom stereocenters. The Morgan fingerprint density at radius 1 is 0.808 bits per heavy atom. The average Bonchev–Trinajstić information content (AvgIpc) is 2.69. The van der Waals surface area contributed by atoms with Gasteiger partial charge in [-0.1, -0.05) is 42.5 Å². The number of methoxy groups -OCH3 is 1. The maximum Gasteiger partial charge on any atom is 0.243 e. The second-order valence-electron chi connectivity index (χ2n) is 5.51. The van der Waals surface area contributed by atoms with E-state index in [0.717, 1.165) is 5.69 Å². The third-order valence-electron chi connectivity index (χ3n) is 3.68. The van der Waals surface area contributed by atoms with Gasteiger partial charge in [0.05, 0.1) is 25.0 Å². The lowest BCUT2D eigenvalue weighted by Crippen LogP contribution is -2.22. The molecule has 5 nitrogen and oxygen atoms in total. The van der Waals surface area contributed by atoms with Crippen molar-refractivity contribution in [2.24, 2.45) is 0 Å². The van der Waals surface area contributed by atoms with E-state index in [1.54, 1.807) is 13.2 Å². The molecule has 0 unspecified atom stereocenters. The maximum atomic E-state index is 12.3. The van der Waals surface area contributed by atoms with Gasteiger partial charge >= 0.3 is 0 Å². The van der Waals surface area contributed by atoms with Gasteiger partial charge in [-0.05, 0) is 36.4 Å². The van der Waals surface area contributed by atoms with Crippen LogP contribution in [-0.2, 0) is 4.79 Å². The van der Waals surface area contributed by atoms with Crippen molar-refractivity contribution in [3.8, 4) is 17.2 Å². The lowest BCUT2D eigenvalue weighted by molar-refractivity contribution is -0.114. The van der Waals surface area contributed by atoms with Crippen LogP contribution in [0.15, 0.2) is 78.9 Å². The van der Waals surface area contributed by atoms with E-state index in [-0.39, 0.29) is 12.5 Å². The number of ether oxygens (including phenoxy) is 2. The zero-order valence-corrected chi connectivity index (χ0v) is 14.4. The number of nitrogens with one attached hydrogen (secondary N) is 2. The Morgan fingerprint density at radius 3 is 2.15 bits per heavy atom. The molecule has 0 aliphatic heterocycles. The van der Waals surface area contributed by atoms with Crippen LogP contribution in [0.2, 0.25) is 0 Å². The van der Waals surface area contributed by atoms with Gasteiger partial charge in [-0.3, -0.25) is 4.79 Å². The van der Waals surface area contributed by atoms with Crippen molar-refractivity contribution < 1.29 is 14.3 Å². The Bertz CT molecular complexity index is 866. The first-order chi connectivity index (χ1) is 12.8. The largest absolute Gasteiger partial charge is 0.495 e. The van der Waals surface area contributed by atoms with E-state index in [9.17, 15) is 4.79 Å². The molecule has 0 spiro atoms. The van der Waals surface area contributed by atoms with Crippen molar-refractivity contribution in [3.63, 3.8) is 0 Å².